The fraction of sp³-hybridized carbons (Fsp3) is 0.545. The lowest BCUT2D eigenvalue weighted by atomic mass is 9.78. The molecule has 2 atom stereocenters. The van der Waals surface area contributed by atoms with Crippen molar-refractivity contribution in [3.8, 4) is 11.5 Å². The molecule has 0 aliphatic heterocycles. The Kier molecular flexibility index (Phi) is 3.74. The summed E-state index contributed by atoms with van der Waals surface area (Å²) < 4.78 is 0. The highest BCUT2D eigenvalue weighted by Gasteiger charge is 2.49. The summed E-state index contributed by atoms with van der Waals surface area (Å²) in [5, 5.41) is 23.5. The zero-order valence-electron chi connectivity index (χ0n) is 14.9. The maximum Gasteiger partial charge on any atom is 0.127 e. The number of aromatic hydroxyl groups is 2. The predicted molar refractivity (Wildman–Crippen MR) is 99.1 cm³/mol. The predicted octanol–water partition coefficient (Wildman–Crippen LogP) is 5.91. The van der Waals surface area contributed by atoms with Crippen molar-refractivity contribution in [2.75, 3.05) is 0 Å². The van der Waals surface area contributed by atoms with Crippen molar-refractivity contribution >= 4 is 10.8 Å². The highest BCUT2D eigenvalue weighted by atomic mass is 16.3. The largest absolute Gasteiger partial charge is 0.507 e. The van der Waals surface area contributed by atoms with Gasteiger partial charge in [-0.1, -0.05) is 45.2 Å². The molecule has 128 valence electrons. The number of rotatable bonds is 5. The van der Waals surface area contributed by atoms with Crippen molar-refractivity contribution < 1.29 is 10.2 Å². The van der Waals surface area contributed by atoms with Crippen molar-refractivity contribution in [3.63, 3.8) is 0 Å². The summed E-state index contributed by atoms with van der Waals surface area (Å²) in [6.07, 6.45) is 9.37. The maximum atomic E-state index is 11.0. The van der Waals surface area contributed by atoms with Crippen molar-refractivity contribution in [2.45, 2.75) is 76.5 Å². The highest BCUT2D eigenvalue weighted by Crippen LogP contribution is 2.63. The second kappa shape index (κ2) is 5.68. The van der Waals surface area contributed by atoms with Crippen LogP contribution in [0.25, 0.3) is 10.8 Å². The molecule has 0 aromatic heterocycles. The molecule has 2 unspecified atom stereocenters. The minimum atomic E-state index is 0.0502. The first kappa shape index (κ1) is 15.8. The summed E-state index contributed by atoms with van der Waals surface area (Å²) in [6, 6.07) is 6.23. The van der Waals surface area contributed by atoms with Crippen LogP contribution >= 0.6 is 0 Å². The minimum Gasteiger partial charge on any atom is -0.507 e. The average Bonchev–Trinajstić information content (AvgIpc) is 3.10. The van der Waals surface area contributed by atoms with E-state index in [9.17, 15) is 10.2 Å². The first-order valence-corrected chi connectivity index (χ1v) is 9.56. The van der Waals surface area contributed by atoms with Gasteiger partial charge in [0, 0.05) is 21.9 Å². The van der Waals surface area contributed by atoms with Gasteiger partial charge in [-0.25, -0.2) is 0 Å². The topological polar surface area (TPSA) is 40.5 Å². The van der Waals surface area contributed by atoms with Crippen LogP contribution in [0.5, 0.6) is 11.5 Å². The van der Waals surface area contributed by atoms with Crippen LogP contribution in [0.1, 0.15) is 81.4 Å². The molecule has 4 rings (SSSR count). The van der Waals surface area contributed by atoms with E-state index < -0.39 is 0 Å². The van der Waals surface area contributed by atoms with Crippen LogP contribution in [0.4, 0.5) is 0 Å². The second-order valence-electron chi connectivity index (χ2n) is 8.18. The number of hydrogen-bond acceptors (Lipinski definition) is 2. The second-order valence-corrected chi connectivity index (χ2v) is 8.18. The molecule has 0 heterocycles. The summed E-state index contributed by atoms with van der Waals surface area (Å²) >= 11 is 0. The van der Waals surface area contributed by atoms with Crippen LogP contribution in [0, 0.1) is 0 Å². The molecule has 0 radical (unpaired) electrons. The van der Waals surface area contributed by atoms with Crippen molar-refractivity contribution in [3.05, 3.63) is 34.9 Å². The van der Waals surface area contributed by atoms with Crippen molar-refractivity contribution in [2.24, 2.45) is 0 Å². The molecule has 0 amide bonds. The monoisotopic (exact) mass is 324 g/mol. The molecule has 2 N–H and O–H groups in total. The third-order valence-electron chi connectivity index (χ3n) is 6.43. The van der Waals surface area contributed by atoms with E-state index in [1.54, 1.807) is 0 Å². The number of phenols is 2. The van der Waals surface area contributed by atoms with Gasteiger partial charge < -0.3 is 10.2 Å². The highest BCUT2D eigenvalue weighted by molar-refractivity contribution is 5.97. The lowest BCUT2D eigenvalue weighted by molar-refractivity contribution is 0.427. The Labute approximate surface area is 144 Å². The van der Waals surface area contributed by atoms with E-state index in [0.717, 1.165) is 47.6 Å². The third kappa shape index (κ3) is 2.22. The molecule has 1 fully saturated rings. The van der Waals surface area contributed by atoms with Gasteiger partial charge in [0.1, 0.15) is 11.5 Å². The van der Waals surface area contributed by atoms with Crippen molar-refractivity contribution in [1.82, 2.24) is 0 Å². The number of benzene rings is 2. The third-order valence-corrected chi connectivity index (χ3v) is 6.43. The summed E-state index contributed by atoms with van der Waals surface area (Å²) in [7, 11) is 0. The van der Waals surface area contributed by atoms with Crippen LogP contribution in [-0.4, -0.2) is 10.2 Å². The first-order chi connectivity index (χ1) is 11.5. The van der Waals surface area contributed by atoms with Crippen LogP contribution in [-0.2, 0) is 11.8 Å². The fourth-order valence-corrected chi connectivity index (χ4v) is 5.15. The number of hydrogen-bond donors (Lipinski definition) is 2. The number of aryl methyl sites for hydroxylation is 1. The first-order valence-electron chi connectivity index (χ1n) is 9.56. The quantitative estimate of drug-likeness (QED) is 0.530. The van der Waals surface area contributed by atoms with Gasteiger partial charge in [0.15, 0.2) is 0 Å². The van der Waals surface area contributed by atoms with Gasteiger partial charge in [-0.3, -0.25) is 0 Å². The molecule has 2 aliphatic rings. The van der Waals surface area contributed by atoms with E-state index in [-0.39, 0.29) is 5.41 Å². The standard InChI is InChI=1S/C22H28O2/c1-3-4-5-6-7-14-8-9-16-17(12-14)20(23)18-15-10-11-22(2,13-15)19(18)21(16)24/h8-9,12,15,23-24H,3-7,10-11,13H2,1-2H3. The SMILES string of the molecule is CCCCCCc1ccc2c(O)c3c(c(O)c2c1)C1CCC3(C)C1. The summed E-state index contributed by atoms with van der Waals surface area (Å²) in [6.45, 7) is 4.47. The summed E-state index contributed by atoms with van der Waals surface area (Å²) in [5.74, 6) is 1.27. The summed E-state index contributed by atoms with van der Waals surface area (Å²) in [4.78, 5) is 0. The molecule has 2 aromatic rings. The van der Waals surface area contributed by atoms with Gasteiger partial charge in [-0.2, -0.15) is 0 Å². The molecule has 24 heavy (non-hydrogen) atoms. The molecule has 0 saturated heterocycles. The van der Waals surface area contributed by atoms with E-state index in [0.29, 0.717) is 17.4 Å². The average molecular weight is 324 g/mol. The molecule has 2 aromatic carbocycles. The number of phenolic OH excluding ortho intramolecular Hbond substituents is 2. The smallest absolute Gasteiger partial charge is 0.127 e. The lowest BCUT2D eigenvalue weighted by Gasteiger charge is -2.27. The van der Waals surface area contributed by atoms with E-state index in [1.165, 1.54) is 31.2 Å². The zero-order chi connectivity index (χ0) is 16.9. The van der Waals surface area contributed by atoms with Gasteiger partial charge in [0.2, 0.25) is 0 Å². The van der Waals surface area contributed by atoms with Gasteiger partial charge in [0.25, 0.3) is 0 Å². The molecule has 2 heteroatoms. The maximum absolute atomic E-state index is 11.0. The van der Waals surface area contributed by atoms with E-state index in [4.69, 9.17) is 0 Å². The van der Waals surface area contributed by atoms with Crippen LogP contribution in [0.2, 0.25) is 0 Å². The zero-order valence-corrected chi connectivity index (χ0v) is 14.9. The molecule has 2 nitrogen and oxygen atoms in total. The normalized spacial score (nSPS) is 24.7. The Morgan fingerprint density at radius 2 is 1.92 bits per heavy atom. The van der Waals surface area contributed by atoms with Gasteiger partial charge >= 0.3 is 0 Å². The lowest BCUT2D eigenvalue weighted by Crippen LogP contribution is -2.16. The Morgan fingerprint density at radius 1 is 1.08 bits per heavy atom. The van der Waals surface area contributed by atoms with E-state index in [1.807, 2.05) is 6.07 Å². The molecule has 2 aliphatic carbocycles. The van der Waals surface area contributed by atoms with Crippen LogP contribution < -0.4 is 0 Å². The number of unbranched alkanes of at least 4 members (excludes halogenated alkanes) is 3. The van der Waals surface area contributed by atoms with E-state index in [2.05, 4.69) is 26.0 Å². The Balaban J connectivity index is 1.76. The molecule has 2 bridgehead atoms. The Bertz CT molecular complexity index is 792. The fourth-order valence-electron chi connectivity index (χ4n) is 5.15. The molecular formula is C22H28O2. The molecule has 1 saturated carbocycles. The van der Waals surface area contributed by atoms with Gasteiger partial charge in [-0.05, 0) is 55.1 Å². The van der Waals surface area contributed by atoms with Gasteiger partial charge in [0.05, 0.1) is 0 Å². The molecular weight excluding hydrogens is 296 g/mol. The van der Waals surface area contributed by atoms with Gasteiger partial charge in [-0.15, -0.1) is 0 Å². The van der Waals surface area contributed by atoms with E-state index >= 15 is 0 Å². The summed E-state index contributed by atoms with van der Waals surface area (Å²) in [5.41, 5.74) is 3.38. The van der Waals surface area contributed by atoms with Crippen LogP contribution in [0.15, 0.2) is 18.2 Å². The minimum absolute atomic E-state index is 0.0502. The Hall–Kier alpha value is -1.70. The number of fused-ring (bicyclic) bond motifs is 6. The van der Waals surface area contributed by atoms with Crippen LogP contribution in [0.3, 0.4) is 0 Å². The van der Waals surface area contributed by atoms with Crippen molar-refractivity contribution in [1.29, 1.82) is 0 Å². The Morgan fingerprint density at radius 3 is 2.71 bits per heavy atom. The molecule has 0 spiro atoms.